The fraction of sp³-hybridized carbons (Fsp3) is 0.133. The summed E-state index contributed by atoms with van der Waals surface area (Å²) in [6, 6.07) is 9.96. The van der Waals surface area contributed by atoms with Crippen molar-refractivity contribution >= 4 is 27.6 Å². The van der Waals surface area contributed by atoms with Gasteiger partial charge in [0.25, 0.3) is 0 Å². The highest BCUT2D eigenvalue weighted by atomic mass is 35.5. The van der Waals surface area contributed by atoms with Crippen LogP contribution in [0, 0.1) is 5.82 Å². The Kier molecular flexibility index (Phi) is 5.35. The average molecular weight is 358 g/mol. The standard InChI is InChI=1S/C15H13ClFNO4S/c1-22-15(19)14(10-5-3-2-4-6-10)18-23(20,21)11-7-8-13(17)12(16)9-11/h2-9,14,18H,1H3/t14-/m1/s1. The van der Waals surface area contributed by atoms with Crippen LogP contribution in [0.25, 0.3) is 0 Å². The van der Waals surface area contributed by atoms with Crippen molar-refractivity contribution in [2.75, 3.05) is 7.11 Å². The molecule has 1 N–H and O–H groups in total. The van der Waals surface area contributed by atoms with Gasteiger partial charge in [-0.25, -0.2) is 17.6 Å². The van der Waals surface area contributed by atoms with Crippen molar-refractivity contribution < 1.29 is 22.3 Å². The number of sulfonamides is 1. The number of rotatable bonds is 5. The van der Waals surface area contributed by atoms with E-state index in [9.17, 15) is 17.6 Å². The first-order valence-corrected chi connectivity index (χ1v) is 8.31. The molecule has 0 saturated heterocycles. The summed E-state index contributed by atoms with van der Waals surface area (Å²) in [4.78, 5) is 11.7. The van der Waals surface area contributed by atoms with Crippen LogP contribution in [0.15, 0.2) is 53.4 Å². The van der Waals surface area contributed by atoms with Crippen LogP contribution in [0.1, 0.15) is 11.6 Å². The number of hydrogen-bond acceptors (Lipinski definition) is 4. The van der Waals surface area contributed by atoms with E-state index < -0.39 is 27.9 Å². The first kappa shape index (κ1) is 17.4. The molecule has 2 aromatic rings. The number of esters is 1. The Morgan fingerprint density at radius 2 is 1.87 bits per heavy atom. The van der Waals surface area contributed by atoms with E-state index in [4.69, 9.17) is 11.6 Å². The maximum Gasteiger partial charge on any atom is 0.328 e. The van der Waals surface area contributed by atoms with Crippen molar-refractivity contribution in [1.29, 1.82) is 0 Å². The lowest BCUT2D eigenvalue weighted by Gasteiger charge is -2.17. The lowest BCUT2D eigenvalue weighted by Crippen LogP contribution is -2.34. The minimum atomic E-state index is -4.10. The molecule has 0 bridgehead atoms. The maximum atomic E-state index is 13.2. The molecule has 0 unspecified atom stereocenters. The van der Waals surface area contributed by atoms with Gasteiger partial charge in [-0.05, 0) is 23.8 Å². The van der Waals surface area contributed by atoms with Gasteiger partial charge in [-0.3, -0.25) is 0 Å². The first-order valence-electron chi connectivity index (χ1n) is 6.45. The summed E-state index contributed by atoms with van der Waals surface area (Å²) >= 11 is 5.60. The molecule has 0 spiro atoms. The number of carbonyl (C=O) groups excluding carboxylic acids is 1. The topological polar surface area (TPSA) is 72.5 Å². The Bertz CT molecular complexity index is 811. The number of halogens is 2. The third kappa shape index (κ3) is 4.07. The van der Waals surface area contributed by atoms with Gasteiger partial charge in [0.2, 0.25) is 10.0 Å². The molecule has 2 rings (SSSR count). The van der Waals surface area contributed by atoms with Gasteiger partial charge < -0.3 is 4.74 Å². The van der Waals surface area contributed by atoms with Crippen LogP contribution in [0.2, 0.25) is 5.02 Å². The molecule has 23 heavy (non-hydrogen) atoms. The Balaban J connectivity index is 2.38. The number of methoxy groups -OCH3 is 1. The average Bonchev–Trinajstić information content (AvgIpc) is 2.55. The predicted molar refractivity (Wildman–Crippen MR) is 82.9 cm³/mol. The van der Waals surface area contributed by atoms with Crippen LogP contribution in [0.4, 0.5) is 4.39 Å². The van der Waals surface area contributed by atoms with Gasteiger partial charge in [0.15, 0.2) is 0 Å². The van der Waals surface area contributed by atoms with Gasteiger partial charge in [-0.2, -0.15) is 4.72 Å². The van der Waals surface area contributed by atoms with Crippen molar-refractivity contribution in [1.82, 2.24) is 4.72 Å². The quantitative estimate of drug-likeness (QED) is 0.835. The fourth-order valence-corrected chi connectivity index (χ4v) is 3.33. The van der Waals surface area contributed by atoms with Gasteiger partial charge in [0.05, 0.1) is 17.0 Å². The van der Waals surface area contributed by atoms with E-state index >= 15 is 0 Å². The van der Waals surface area contributed by atoms with E-state index in [0.29, 0.717) is 5.56 Å². The normalized spacial score (nSPS) is 12.7. The van der Waals surface area contributed by atoms with Crippen LogP contribution in [-0.4, -0.2) is 21.5 Å². The van der Waals surface area contributed by atoms with Crippen LogP contribution >= 0.6 is 11.6 Å². The molecule has 0 aliphatic rings. The SMILES string of the molecule is COC(=O)[C@H](NS(=O)(=O)c1ccc(F)c(Cl)c1)c1ccccc1. The highest BCUT2D eigenvalue weighted by molar-refractivity contribution is 7.89. The molecule has 2 aromatic carbocycles. The molecule has 1 atom stereocenters. The van der Waals surface area contributed by atoms with Crippen molar-refractivity contribution in [3.05, 3.63) is 64.9 Å². The molecule has 0 heterocycles. The van der Waals surface area contributed by atoms with E-state index in [-0.39, 0.29) is 9.92 Å². The van der Waals surface area contributed by atoms with E-state index in [0.717, 1.165) is 25.3 Å². The number of benzene rings is 2. The summed E-state index contributed by atoms with van der Waals surface area (Å²) in [5.74, 6) is -1.51. The minimum absolute atomic E-state index is 0.256. The molecule has 0 radical (unpaired) electrons. The Labute approximate surface area is 138 Å². The molecule has 0 saturated carbocycles. The van der Waals surface area contributed by atoms with Gasteiger partial charge in [0.1, 0.15) is 11.9 Å². The van der Waals surface area contributed by atoms with Crippen LogP contribution in [-0.2, 0) is 19.6 Å². The molecular formula is C15H13ClFNO4S. The molecule has 0 fully saturated rings. The summed E-state index contributed by atoms with van der Waals surface area (Å²) in [6.45, 7) is 0. The second-order valence-electron chi connectivity index (χ2n) is 4.56. The number of nitrogens with one attached hydrogen (secondary N) is 1. The number of carbonyl (C=O) groups is 1. The zero-order chi connectivity index (χ0) is 17.0. The van der Waals surface area contributed by atoms with Gasteiger partial charge in [-0.15, -0.1) is 0 Å². The summed E-state index contributed by atoms with van der Waals surface area (Å²) in [7, 11) is -2.95. The summed E-state index contributed by atoms with van der Waals surface area (Å²) < 4.78 is 44.9. The highest BCUT2D eigenvalue weighted by Crippen LogP contribution is 2.22. The van der Waals surface area contributed by atoms with Gasteiger partial charge in [-0.1, -0.05) is 41.9 Å². The minimum Gasteiger partial charge on any atom is -0.468 e. The summed E-state index contributed by atoms with van der Waals surface area (Å²) in [5, 5.41) is -0.331. The molecule has 122 valence electrons. The van der Waals surface area contributed by atoms with Crippen molar-refractivity contribution in [3.8, 4) is 0 Å². The number of hydrogen-bond donors (Lipinski definition) is 1. The Morgan fingerprint density at radius 3 is 2.43 bits per heavy atom. The van der Waals surface area contributed by atoms with Crippen molar-refractivity contribution in [3.63, 3.8) is 0 Å². The molecule has 0 amide bonds. The summed E-state index contributed by atoms with van der Waals surface area (Å²) in [5.41, 5.74) is 0.413. The second-order valence-corrected chi connectivity index (χ2v) is 6.69. The second kappa shape index (κ2) is 7.08. The molecular weight excluding hydrogens is 345 g/mol. The van der Waals surface area contributed by atoms with Crippen molar-refractivity contribution in [2.45, 2.75) is 10.9 Å². The number of ether oxygens (including phenoxy) is 1. The molecule has 0 aliphatic carbocycles. The lowest BCUT2D eigenvalue weighted by molar-refractivity contribution is -0.142. The first-order chi connectivity index (χ1) is 10.8. The van der Waals surface area contributed by atoms with E-state index in [1.165, 1.54) is 0 Å². The largest absolute Gasteiger partial charge is 0.468 e. The maximum absolute atomic E-state index is 13.2. The van der Waals surface area contributed by atoms with E-state index in [1.54, 1.807) is 30.3 Å². The Hall–Kier alpha value is -1.96. The molecule has 8 heteroatoms. The van der Waals surface area contributed by atoms with E-state index in [1.807, 2.05) is 0 Å². The predicted octanol–water partition coefficient (Wildman–Crippen LogP) is 2.67. The van der Waals surface area contributed by atoms with Crippen molar-refractivity contribution in [2.24, 2.45) is 0 Å². The third-order valence-corrected chi connectivity index (χ3v) is 4.75. The zero-order valence-corrected chi connectivity index (χ0v) is 13.6. The lowest BCUT2D eigenvalue weighted by atomic mass is 10.1. The van der Waals surface area contributed by atoms with Gasteiger partial charge >= 0.3 is 5.97 Å². The van der Waals surface area contributed by atoms with Gasteiger partial charge in [0, 0.05) is 0 Å². The van der Waals surface area contributed by atoms with Crippen LogP contribution in [0.5, 0.6) is 0 Å². The monoisotopic (exact) mass is 357 g/mol. The summed E-state index contributed by atoms with van der Waals surface area (Å²) in [6.07, 6.45) is 0. The van der Waals surface area contributed by atoms with Crippen LogP contribution < -0.4 is 4.72 Å². The zero-order valence-electron chi connectivity index (χ0n) is 12.0. The highest BCUT2D eigenvalue weighted by Gasteiger charge is 2.28. The molecule has 0 aliphatic heterocycles. The molecule has 5 nitrogen and oxygen atoms in total. The molecule has 0 aromatic heterocycles. The van der Waals surface area contributed by atoms with E-state index in [2.05, 4.69) is 9.46 Å². The fourth-order valence-electron chi connectivity index (χ4n) is 1.88. The Morgan fingerprint density at radius 1 is 1.22 bits per heavy atom. The smallest absolute Gasteiger partial charge is 0.328 e. The van der Waals surface area contributed by atoms with Crippen LogP contribution in [0.3, 0.4) is 0 Å². The third-order valence-electron chi connectivity index (χ3n) is 3.04.